The molecule has 24 heavy (non-hydrogen) atoms. The van der Waals surface area contributed by atoms with Crippen molar-refractivity contribution in [1.29, 1.82) is 0 Å². The molecule has 128 valence electrons. The van der Waals surface area contributed by atoms with Crippen LogP contribution in [0.3, 0.4) is 0 Å². The highest BCUT2D eigenvalue weighted by molar-refractivity contribution is 6.90. The molecule has 0 fully saturated rings. The molecule has 0 aliphatic rings. The highest BCUT2D eigenvalue weighted by Crippen LogP contribution is 2.41. The molecule has 0 bridgehead atoms. The van der Waals surface area contributed by atoms with E-state index in [2.05, 4.69) is 71.2 Å². The van der Waals surface area contributed by atoms with Crippen molar-refractivity contribution in [1.82, 2.24) is 0 Å². The van der Waals surface area contributed by atoms with Crippen LogP contribution in [0.4, 0.5) is 0 Å². The van der Waals surface area contributed by atoms with E-state index in [0.717, 1.165) is 16.5 Å². The van der Waals surface area contributed by atoms with E-state index in [1.54, 1.807) is 0 Å². The molecule has 0 saturated carbocycles. The quantitative estimate of drug-likeness (QED) is 0.543. The van der Waals surface area contributed by atoms with Crippen LogP contribution in [0, 0.1) is 11.5 Å². The topological polar surface area (TPSA) is 20.2 Å². The summed E-state index contributed by atoms with van der Waals surface area (Å²) < 4.78 is 0. The van der Waals surface area contributed by atoms with Crippen molar-refractivity contribution >= 4 is 18.8 Å². The third kappa shape index (κ3) is 3.29. The molecule has 1 nitrogen and oxygen atoms in total. The molecular formula is C22H30OSi. The zero-order chi connectivity index (χ0) is 17.9. The van der Waals surface area contributed by atoms with E-state index in [0.29, 0.717) is 16.6 Å². The Balaban J connectivity index is 2.70. The lowest BCUT2D eigenvalue weighted by atomic mass is 10.00. The van der Waals surface area contributed by atoms with Crippen LogP contribution in [0.5, 0.6) is 0 Å². The maximum absolute atomic E-state index is 9.78. The summed E-state index contributed by atoms with van der Waals surface area (Å²) in [7, 11) is -1.78. The fourth-order valence-electron chi connectivity index (χ4n) is 4.20. The van der Waals surface area contributed by atoms with Gasteiger partial charge in [-0.3, -0.25) is 0 Å². The number of fused-ring (bicyclic) bond motifs is 1. The van der Waals surface area contributed by atoms with Crippen LogP contribution >= 0.6 is 0 Å². The summed E-state index contributed by atoms with van der Waals surface area (Å²) >= 11 is 0. The smallest absolute Gasteiger partial charge is 0.146 e. The number of rotatable bonds is 4. The minimum absolute atomic E-state index is 0.0361. The lowest BCUT2D eigenvalue weighted by Gasteiger charge is -2.38. The van der Waals surface area contributed by atoms with Gasteiger partial charge in [-0.1, -0.05) is 83.9 Å². The molecule has 0 spiro atoms. The second kappa shape index (κ2) is 7.55. The summed E-state index contributed by atoms with van der Waals surface area (Å²) in [5.41, 5.74) is 7.56. The molecular weight excluding hydrogens is 308 g/mol. The number of hydrogen-bond acceptors (Lipinski definition) is 1. The van der Waals surface area contributed by atoms with E-state index in [1.807, 2.05) is 18.2 Å². The summed E-state index contributed by atoms with van der Waals surface area (Å²) in [4.78, 5) is 0. The molecule has 2 heteroatoms. The monoisotopic (exact) mass is 338 g/mol. The van der Waals surface area contributed by atoms with E-state index < -0.39 is 8.07 Å². The minimum Gasteiger partial charge on any atom is -0.392 e. The van der Waals surface area contributed by atoms with Crippen LogP contribution in [-0.4, -0.2) is 13.2 Å². The summed E-state index contributed by atoms with van der Waals surface area (Å²) in [6.45, 7) is 14.0. The van der Waals surface area contributed by atoms with Gasteiger partial charge in [-0.25, -0.2) is 0 Å². The van der Waals surface area contributed by atoms with Gasteiger partial charge < -0.3 is 5.11 Å². The third-order valence-corrected chi connectivity index (χ3v) is 11.7. The van der Waals surface area contributed by atoms with Crippen LogP contribution in [-0.2, 0) is 6.61 Å². The summed E-state index contributed by atoms with van der Waals surface area (Å²) in [5.74, 6) is 3.54. The number of hydrogen-bond donors (Lipinski definition) is 1. The van der Waals surface area contributed by atoms with Crippen LogP contribution < -0.4 is 0 Å². The lowest BCUT2D eigenvalue weighted by molar-refractivity contribution is 0.281. The maximum atomic E-state index is 9.78. The van der Waals surface area contributed by atoms with Crippen molar-refractivity contribution in [3.8, 4) is 11.5 Å². The standard InChI is InChI=1S/C22H30OSi/c1-16(2)24(17(3)4,18(5)6)14-13-22-20(15-23)12-11-19-9-7-8-10-21(19)22/h7-12,16-18,23H,15H2,1-6H3. The van der Waals surface area contributed by atoms with E-state index in [-0.39, 0.29) is 6.61 Å². The number of benzene rings is 2. The van der Waals surface area contributed by atoms with Gasteiger partial charge in [0.1, 0.15) is 8.07 Å². The first-order chi connectivity index (χ1) is 11.3. The predicted octanol–water partition coefficient (Wildman–Crippen LogP) is 5.90. The fourth-order valence-corrected chi connectivity index (χ4v) is 9.41. The first-order valence-corrected chi connectivity index (χ1v) is 11.2. The first-order valence-electron chi connectivity index (χ1n) is 8.99. The van der Waals surface area contributed by atoms with E-state index in [1.165, 1.54) is 5.39 Å². The second-order valence-electron chi connectivity index (χ2n) is 7.63. The third-order valence-electron chi connectivity index (χ3n) is 5.46. The molecule has 0 aliphatic heterocycles. The normalized spacial score (nSPS) is 12.1. The molecule has 0 saturated heterocycles. The van der Waals surface area contributed by atoms with Gasteiger partial charge in [-0.2, -0.15) is 0 Å². The molecule has 0 aliphatic carbocycles. The molecule has 2 aromatic carbocycles. The van der Waals surface area contributed by atoms with Gasteiger partial charge in [-0.15, -0.1) is 5.54 Å². The maximum Gasteiger partial charge on any atom is 0.146 e. The van der Waals surface area contributed by atoms with Crippen LogP contribution in [0.1, 0.15) is 52.7 Å². The highest BCUT2D eigenvalue weighted by atomic mass is 28.3. The Morgan fingerprint density at radius 3 is 2.00 bits per heavy atom. The van der Waals surface area contributed by atoms with Crippen molar-refractivity contribution in [3.63, 3.8) is 0 Å². The Labute approximate surface area is 148 Å². The van der Waals surface area contributed by atoms with Crippen molar-refractivity contribution in [2.75, 3.05) is 0 Å². The molecule has 0 amide bonds. The molecule has 2 rings (SSSR count). The van der Waals surface area contributed by atoms with Gasteiger partial charge >= 0.3 is 0 Å². The summed E-state index contributed by atoms with van der Waals surface area (Å²) in [6, 6.07) is 12.4. The molecule has 0 aromatic heterocycles. The Kier molecular flexibility index (Phi) is 5.90. The van der Waals surface area contributed by atoms with Gasteiger partial charge in [0.15, 0.2) is 0 Å². The molecule has 0 unspecified atom stereocenters. The Hall–Kier alpha value is -1.56. The van der Waals surface area contributed by atoms with Gasteiger partial charge in [0.2, 0.25) is 0 Å². The second-order valence-corrected chi connectivity index (χ2v) is 13.2. The predicted molar refractivity (Wildman–Crippen MR) is 108 cm³/mol. The molecule has 0 radical (unpaired) electrons. The van der Waals surface area contributed by atoms with E-state index in [4.69, 9.17) is 0 Å². The molecule has 0 atom stereocenters. The average molecular weight is 339 g/mol. The van der Waals surface area contributed by atoms with E-state index in [9.17, 15) is 5.11 Å². The number of aliphatic hydroxyl groups is 1. The Morgan fingerprint density at radius 1 is 0.875 bits per heavy atom. The van der Waals surface area contributed by atoms with Gasteiger partial charge in [0.25, 0.3) is 0 Å². The summed E-state index contributed by atoms with van der Waals surface area (Å²) in [5, 5.41) is 12.1. The Morgan fingerprint density at radius 2 is 1.46 bits per heavy atom. The zero-order valence-electron chi connectivity index (χ0n) is 15.9. The van der Waals surface area contributed by atoms with Crippen molar-refractivity contribution in [2.45, 2.75) is 64.8 Å². The van der Waals surface area contributed by atoms with Gasteiger partial charge in [-0.05, 0) is 33.0 Å². The van der Waals surface area contributed by atoms with Crippen LogP contribution in [0.25, 0.3) is 10.8 Å². The lowest BCUT2D eigenvalue weighted by Crippen LogP contribution is -2.43. The van der Waals surface area contributed by atoms with Crippen molar-refractivity contribution in [3.05, 3.63) is 47.5 Å². The zero-order valence-corrected chi connectivity index (χ0v) is 16.9. The molecule has 2 aromatic rings. The molecule has 0 heterocycles. The van der Waals surface area contributed by atoms with Gasteiger partial charge in [0, 0.05) is 5.56 Å². The van der Waals surface area contributed by atoms with Crippen LogP contribution in [0.15, 0.2) is 36.4 Å². The van der Waals surface area contributed by atoms with E-state index >= 15 is 0 Å². The average Bonchev–Trinajstić information content (AvgIpc) is 2.54. The fraction of sp³-hybridized carbons (Fsp3) is 0.455. The Bertz CT molecular complexity index is 741. The SMILES string of the molecule is CC(C)[Si](C#Cc1c(CO)ccc2ccccc12)(C(C)C)C(C)C. The highest BCUT2D eigenvalue weighted by Gasteiger charge is 2.41. The largest absolute Gasteiger partial charge is 0.392 e. The van der Waals surface area contributed by atoms with Gasteiger partial charge in [0.05, 0.1) is 6.61 Å². The van der Waals surface area contributed by atoms with Crippen molar-refractivity contribution < 1.29 is 5.11 Å². The summed E-state index contributed by atoms with van der Waals surface area (Å²) in [6.07, 6.45) is 0. The van der Waals surface area contributed by atoms with Crippen molar-refractivity contribution in [2.24, 2.45) is 0 Å². The first kappa shape index (κ1) is 18.8. The number of aliphatic hydroxyl groups excluding tert-OH is 1. The molecule has 1 N–H and O–H groups in total. The minimum atomic E-state index is -1.78. The van der Waals surface area contributed by atoms with Crippen LogP contribution in [0.2, 0.25) is 16.6 Å².